The van der Waals surface area contributed by atoms with Gasteiger partial charge < -0.3 is 15.5 Å². The molecule has 0 unspecified atom stereocenters. The van der Waals surface area contributed by atoms with E-state index in [1.54, 1.807) is 0 Å². The van der Waals surface area contributed by atoms with Gasteiger partial charge in [0.15, 0.2) is 0 Å². The Hall–Kier alpha value is -4.38. The zero-order chi connectivity index (χ0) is 21.8. The van der Waals surface area contributed by atoms with E-state index in [1.165, 1.54) is 18.2 Å². The first-order chi connectivity index (χ1) is 15.0. The summed E-state index contributed by atoms with van der Waals surface area (Å²) in [6, 6.07) is 29.4. The number of nitrogens with one attached hydrogen (secondary N) is 1. The summed E-state index contributed by atoms with van der Waals surface area (Å²) >= 11 is 0. The topological polar surface area (TPSA) is 86.6 Å². The molecule has 0 saturated heterocycles. The van der Waals surface area contributed by atoms with Crippen LogP contribution in [0.15, 0.2) is 97.1 Å². The maximum absolute atomic E-state index is 11.7. The Balaban J connectivity index is 1.87. The van der Waals surface area contributed by atoms with Crippen molar-refractivity contribution in [2.75, 3.05) is 5.32 Å². The molecule has 5 nitrogen and oxygen atoms in total. The van der Waals surface area contributed by atoms with E-state index in [1.807, 2.05) is 78.9 Å². The predicted octanol–water partition coefficient (Wildman–Crippen LogP) is 6.16. The van der Waals surface area contributed by atoms with Crippen molar-refractivity contribution in [2.24, 2.45) is 0 Å². The van der Waals surface area contributed by atoms with Gasteiger partial charge in [-0.2, -0.15) is 0 Å². The van der Waals surface area contributed by atoms with Gasteiger partial charge >= 0.3 is 11.9 Å². The van der Waals surface area contributed by atoms with Crippen molar-refractivity contribution in [3.05, 3.63) is 108 Å². The van der Waals surface area contributed by atoms with Crippen molar-refractivity contribution in [3.63, 3.8) is 0 Å². The molecule has 0 atom stereocenters. The fourth-order valence-electron chi connectivity index (χ4n) is 3.44. The number of hydrogen-bond donors (Lipinski definition) is 3. The molecule has 0 amide bonds. The number of carboxylic acid groups (broad SMARTS) is 2. The zero-order valence-corrected chi connectivity index (χ0v) is 16.4. The summed E-state index contributed by atoms with van der Waals surface area (Å²) < 4.78 is 0. The average Bonchev–Trinajstić information content (AvgIpc) is 2.80. The molecule has 0 aromatic heterocycles. The van der Waals surface area contributed by atoms with E-state index in [0.29, 0.717) is 5.69 Å². The summed E-state index contributed by atoms with van der Waals surface area (Å²) in [5, 5.41) is 22.1. The maximum Gasteiger partial charge on any atom is 0.337 e. The molecule has 0 heterocycles. The molecule has 3 N–H and O–H groups in total. The van der Waals surface area contributed by atoms with Crippen LogP contribution >= 0.6 is 0 Å². The van der Waals surface area contributed by atoms with Crippen LogP contribution in [0.2, 0.25) is 0 Å². The second-order valence-electron chi connectivity index (χ2n) is 6.99. The minimum absolute atomic E-state index is 0.00544. The molecule has 0 saturated carbocycles. The Labute approximate surface area is 179 Å². The lowest BCUT2D eigenvalue weighted by molar-refractivity contribution is 0.0682. The summed E-state index contributed by atoms with van der Waals surface area (Å²) in [7, 11) is 0. The summed E-state index contributed by atoms with van der Waals surface area (Å²) in [4.78, 5) is 23.2. The number of anilines is 2. The van der Waals surface area contributed by atoms with E-state index >= 15 is 0 Å². The number of hydrogen-bond acceptors (Lipinski definition) is 3. The van der Waals surface area contributed by atoms with E-state index in [9.17, 15) is 19.8 Å². The summed E-state index contributed by atoms with van der Waals surface area (Å²) in [6.45, 7) is 0. The lowest BCUT2D eigenvalue weighted by atomic mass is 9.97. The average molecular weight is 409 g/mol. The molecule has 0 aliphatic rings. The van der Waals surface area contributed by atoms with Gasteiger partial charge in [-0.1, -0.05) is 72.8 Å². The monoisotopic (exact) mass is 409 g/mol. The Bertz CT molecular complexity index is 1250. The van der Waals surface area contributed by atoms with Crippen LogP contribution in [0.4, 0.5) is 11.4 Å². The van der Waals surface area contributed by atoms with Crippen molar-refractivity contribution in [2.45, 2.75) is 0 Å². The smallest absolute Gasteiger partial charge is 0.337 e. The van der Waals surface area contributed by atoms with Gasteiger partial charge in [0.1, 0.15) is 0 Å². The molecule has 31 heavy (non-hydrogen) atoms. The fourth-order valence-corrected chi connectivity index (χ4v) is 3.44. The molecular weight excluding hydrogens is 390 g/mol. The third kappa shape index (κ3) is 4.31. The van der Waals surface area contributed by atoms with Crippen molar-refractivity contribution >= 4 is 23.3 Å². The standard InChI is InChI=1S/C26H19NO4/c28-25(29)20-12-14-22(26(30)31)24(16-20)27-23-15-19(17-7-3-1-4-8-17)11-13-21(23)18-9-5-2-6-10-18/h1-16,27H,(H,28,29)(H,30,31). The van der Waals surface area contributed by atoms with Gasteiger partial charge in [0.2, 0.25) is 0 Å². The SMILES string of the molecule is O=C(O)c1ccc(C(=O)O)c(Nc2cc(-c3ccccc3)ccc2-c2ccccc2)c1. The molecule has 4 aromatic rings. The fraction of sp³-hybridized carbons (Fsp3) is 0. The zero-order valence-electron chi connectivity index (χ0n) is 16.4. The number of benzene rings is 4. The van der Waals surface area contributed by atoms with Crippen molar-refractivity contribution in [3.8, 4) is 22.3 Å². The highest BCUT2D eigenvalue weighted by Gasteiger charge is 2.16. The van der Waals surface area contributed by atoms with Gasteiger partial charge in [-0.15, -0.1) is 0 Å². The lowest BCUT2D eigenvalue weighted by Crippen LogP contribution is -2.06. The molecule has 0 radical (unpaired) electrons. The second-order valence-corrected chi connectivity index (χ2v) is 6.99. The van der Waals surface area contributed by atoms with Crippen molar-refractivity contribution in [1.29, 1.82) is 0 Å². The van der Waals surface area contributed by atoms with Crippen molar-refractivity contribution < 1.29 is 19.8 Å². The molecule has 0 bridgehead atoms. The van der Waals surface area contributed by atoms with Gasteiger partial charge in [0, 0.05) is 11.3 Å². The summed E-state index contributed by atoms with van der Waals surface area (Å²) in [5.41, 5.74) is 4.69. The predicted molar refractivity (Wildman–Crippen MR) is 121 cm³/mol. The highest BCUT2D eigenvalue weighted by molar-refractivity contribution is 5.99. The molecule has 0 spiro atoms. The van der Waals surface area contributed by atoms with Crippen molar-refractivity contribution in [1.82, 2.24) is 0 Å². The quantitative estimate of drug-likeness (QED) is 0.355. The van der Waals surface area contributed by atoms with E-state index in [2.05, 4.69) is 5.32 Å². The number of aromatic carboxylic acids is 2. The van der Waals surface area contributed by atoms with Gasteiger partial charge in [-0.3, -0.25) is 0 Å². The van der Waals surface area contributed by atoms with Crippen LogP contribution < -0.4 is 5.32 Å². The Morgan fingerprint density at radius 2 is 1.23 bits per heavy atom. The summed E-state index contributed by atoms with van der Waals surface area (Å²) in [6.07, 6.45) is 0. The Morgan fingerprint density at radius 1 is 0.581 bits per heavy atom. The number of rotatable bonds is 6. The van der Waals surface area contributed by atoms with E-state index in [4.69, 9.17) is 0 Å². The molecule has 0 aliphatic carbocycles. The normalized spacial score (nSPS) is 10.5. The molecule has 4 aromatic carbocycles. The first-order valence-corrected chi connectivity index (χ1v) is 9.65. The lowest BCUT2D eigenvalue weighted by Gasteiger charge is -2.16. The minimum atomic E-state index is -1.14. The maximum atomic E-state index is 11.7. The van der Waals surface area contributed by atoms with Crippen LogP contribution in [-0.4, -0.2) is 22.2 Å². The van der Waals surface area contributed by atoms with Crippen LogP contribution in [0.1, 0.15) is 20.7 Å². The number of carboxylic acids is 2. The van der Waals surface area contributed by atoms with E-state index in [-0.39, 0.29) is 16.8 Å². The first kappa shape index (κ1) is 19.9. The third-order valence-corrected chi connectivity index (χ3v) is 4.98. The van der Waals surface area contributed by atoms with Crippen LogP contribution in [-0.2, 0) is 0 Å². The second kappa shape index (κ2) is 8.55. The van der Waals surface area contributed by atoms with Gasteiger partial charge in [-0.25, -0.2) is 9.59 Å². The van der Waals surface area contributed by atoms with Crippen LogP contribution in [0.3, 0.4) is 0 Å². The minimum Gasteiger partial charge on any atom is -0.478 e. The van der Waals surface area contributed by atoms with E-state index < -0.39 is 11.9 Å². The molecule has 152 valence electrons. The molecule has 4 rings (SSSR count). The Morgan fingerprint density at radius 3 is 1.84 bits per heavy atom. The largest absolute Gasteiger partial charge is 0.478 e. The molecular formula is C26H19NO4. The van der Waals surface area contributed by atoms with Crippen LogP contribution in [0, 0.1) is 0 Å². The third-order valence-electron chi connectivity index (χ3n) is 4.98. The van der Waals surface area contributed by atoms with Gasteiger partial charge in [-0.05, 0) is 41.0 Å². The highest BCUT2D eigenvalue weighted by atomic mass is 16.4. The van der Waals surface area contributed by atoms with Gasteiger partial charge in [0.05, 0.1) is 16.8 Å². The summed E-state index contributed by atoms with van der Waals surface area (Å²) in [5.74, 6) is -2.26. The first-order valence-electron chi connectivity index (χ1n) is 9.65. The van der Waals surface area contributed by atoms with Crippen LogP contribution in [0.25, 0.3) is 22.3 Å². The van der Waals surface area contributed by atoms with Gasteiger partial charge in [0.25, 0.3) is 0 Å². The van der Waals surface area contributed by atoms with Crippen LogP contribution in [0.5, 0.6) is 0 Å². The Kier molecular flexibility index (Phi) is 5.49. The molecule has 5 heteroatoms. The molecule has 0 fully saturated rings. The number of carbonyl (C=O) groups is 2. The molecule has 0 aliphatic heterocycles. The highest BCUT2D eigenvalue weighted by Crippen LogP contribution is 2.35. The van der Waals surface area contributed by atoms with E-state index in [0.717, 1.165) is 22.3 Å².